The van der Waals surface area contributed by atoms with Crippen LogP contribution in [0.2, 0.25) is 0 Å². The predicted octanol–water partition coefficient (Wildman–Crippen LogP) is 2.91. The zero-order valence-electron chi connectivity index (χ0n) is 15.2. The topological polar surface area (TPSA) is 94.6 Å². The SMILES string of the molecule is COC(=O)c1sccc1S(=O)(=O)NC1CCC(Oc2ccc(C)cn2)CC1. The van der Waals surface area contributed by atoms with Gasteiger partial charge in [-0.25, -0.2) is 22.9 Å². The van der Waals surface area contributed by atoms with Gasteiger partial charge in [0.05, 0.1) is 7.11 Å². The Bertz CT molecular complexity index is 885. The maximum absolute atomic E-state index is 12.7. The van der Waals surface area contributed by atoms with Crippen molar-refractivity contribution in [1.82, 2.24) is 9.71 Å². The van der Waals surface area contributed by atoms with Crippen molar-refractivity contribution in [2.45, 2.75) is 49.6 Å². The first-order chi connectivity index (χ1) is 12.9. The Labute approximate surface area is 162 Å². The van der Waals surface area contributed by atoms with Crippen LogP contribution in [-0.4, -0.2) is 38.6 Å². The van der Waals surface area contributed by atoms with Crippen LogP contribution in [0.15, 0.2) is 34.7 Å². The Morgan fingerprint density at radius 3 is 2.59 bits per heavy atom. The molecule has 0 aromatic carbocycles. The Morgan fingerprint density at radius 1 is 1.22 bits per heavy atom. The Balaban J connectivity index is 1.58. The van der Waals surface area contributed by atoms with Gasteiger partial charge in [-0.05, 0) is 49.6 Å². The molecular weight excluding hydrogens is 388 g/mol. The Hall–Kier alpha value is -1.97. The lowest BCUT2D eigenvalue weighted by molar-refractivity contribution is 0.0602. The molecule has 0 radical (unpaired) electrons. The van der Waals surface area contributed by atoms with E-state index in [1.165, 1.54) is 13.2 Å². The van der Waals surface area contributed by atoms with Crippen molar-refractivity contribution in [3.63, 3.8) is 0 Å². The van der Waals surface area contributed by atoms with Crippen LogP contribution in [0.3, 0.4) is 0 Å². The molecule has 0 saturated heterocycles. The Morgan fingerprint density at radius 2 is 1.96 bits per heavy atom. The predicted molar refractivity (Wildman–Crippen MR) is 102 cm³/mol. The molecular formula is C18H22N2O5S2. The minimum Gasteiger partial charge on any atom is -0.474 e. The molecule has 2 heterocycles. The van der Waals surface area contributed by atoms with Gasteiger partial charge in [0.2, 0.25) is 15.9 Å². The van der Waals surface area contributed by atoms with Crippen LogP contribution in [0.5, 0.6) is 5.88 Å². The summed E-state index contributed by atoms with van der Waals surface area (Å²) < 4.78 is 38.5. The monoisotopic (exact) mass is 410 g/mol. The van der Waals surface area contributed by atoms with E-state index < -0.39 is 16.0 Å². The number of carbonyl (C=O) groups is 1. The number of thiophene rings is 1. The third kappa shape index (κ3) is 4.85. The molecule has 0 amide bonds. The number of nitrogens with zero attached hydrogens (tertiary/aromatic N) is 1. The van der Waals surface area contributed by atoms with Crippen molar-refractivity contribution >= 4 is 27.3 Å². The van der Waals surface area contributed by atoms with Crippen molar-refractivity contribution in [1.29, 1.82) is 0 Å². The second-order valence-corrected chi connectivity index (χ2v) is 9.09. The summed E-state index contributed by atoms with van der Waals surface area (Å²) in [4.78, 5) is 16.1. The van der Waals surface area contributed by atoms with Gasteiger partial charge >= 0.3 is 5.97 Å². The minimum atomic E-state index is -3.78. The second kappa shape index (κ2) is 8.37. The summed E-state index contributed by atoms with van der Waals surface area (Å²) in [6.07, 6.45) is 4.56. The highest BCUT2D eigenvalue weighted by atomic mass is 32.2. The lowest BCUT2D eigenvalue weighted by Gasteiger charge is -2.29. The summed E-state index contributed by atoms with van der Waals surface area (Å²) in [5, 5.41) is 1.57. The van der Waals surface area contributed by atoms with E-state index in [9.17, 15) is 13.2 Å². The van der Waals surface area contributed by atoms with Crippen LogP contribution in [0.1, 0.15) is 40.9 Å². The number of esters is 1. The largest absolute Gasteiger partial charge is 0.474 e. The molecule has 2 aromatic heterocycles. The molecule has 3 rings (SSSR count). The summed E-state index contributed by atoms with van der Waals surface area (Å²) in [7, 11) is -2.54. The molecule has 27 heavy (non-hydrogen) atoms. The van der Waals surface area contributed by atoms with E-state index in [2.05, 4.69) is 14.4 Å². The van der Waals surface area contributed by atoms with Crippen LogP contribution >= 0.6 is 11.3 Å². The molecule has 1 N–H and O–H groups in total. The fourth-order valence-corrected chi connectivity index (χ4v) is 5.67. The van der Waals surface area contributed by atoms with Gasteiger partial charge in [-0.2, -0.15) is 0 Å². The average molecular weight is 411 g/mol. The van der Waals surface area contributed by atoms with Crippen LogP contribution in [-0.2, 0) is 14.8 Å². The molecule has 146 valence electrons. The molecule has 1 fully saturated rings. The van der Waals surface area contributed by atoms with Crippen LogP contribution in [0.25, 0.3) is 0 Å². The smallest absolute Gasteiger partial charge is 0.349 e. The number of nitrogens with one attached hydrogen (secondary N) is 1. The standard InChI is InChI=1S/C18H22N2O5S2/c1-12-3-8-16(19-11-12)25-14-6-4-13(5-7-14)20-27(22,23)15-9-10-26-17(15)18(21)24-2/h3,8-11,13-14,20H,4-7H2,1-2H3. The number of sulfonamides is 1. The van der Waals surface area contributed by atoms with Crippen molar-refractivity contribution in [2.75, 3.05) is 7.11 Å². The molecule has 9 heteroatoms. The van der Waals surface area contributed by atoms with Crippen molar-refractivity contribution in [3.05, 3.63) is 40.2 Å². The first-order valence-corrected chi connectivity index (χ1v) is 11.0. The van der Waals surface area contributed by atoms with E-state index in [1.54, 1.807) is 11.6 Å². The van der Waals surface area contributed by atoms with Gasteiger partial charge < -0.3 is 9.47 Å². The molecule has 0 unspecified atom stereocenters. The van der Waals surface area contributed by atoms with Gasteiger partial charge in [0.25, 0.3) is 0 Å². The minimum absolute atomic E-state index is 0.0211. The number of rotatable bonds is 6. The lowest BCUT2D eigenvalue weighted by atomic mass is 9.94. The van der Waals surface area contributed by atoms with Gasteiger partial charge in [0, 0.05) is 18.3 Å². The van der Waals surface area contributed by atoms with E-state index in [1.807, 2.05) is 19.1 Å². The van der Waals surface area contributed by atoms with Gasteiger partial charge in [0.1, 0.15) is 15.9 Å². The van der Waals surface area contributed by atoms with E-state index in [0.717, 1.165) is 29.7 Å². The third-order valence-corrected chi connectivity index (χ3v) is 7.04. The highest BCUT2D eigenvalue weighted by Crippen LogP contribution is 2.27. The lowest BCUT2D eigenvalue weighted by Crippen LogP contribution is -2.40. The number of aromatic nitrogens is 1. The number of methoxy groups -OCH3 is 1. The quantitative estimate of drug-likeness (QED) is 0.736. The van der Waals surface area contributed by atoms with Gasteiger partial charge in [-0.15, -0.1) is 11.3 Å². The maximum atomic E-state index is 12.7. The zero-order chi connectivity index (χ0) is 19.4. The van der Waals surface area contributed by atoms with E-state index in [0.29, 0.717) is 18.7 Å². The fourth-order valence-electron chi connectivity index (χ4n) is 3.03. The van der Waals surface area contributed by atoms with Gasteiger partial charge in [0.15, 0.2) is 0 Å². The normalized spacial score (nSPS) is 20.2. The average Bonchev–Trinajstić information content (AvgIpc) is 3.15. The van der Waals surface area contributed by atoms with E-state index in [-0.39, 0.29) is 21.9 Å². The number of carbonyl (C=O) groups excluding carboxylic acids is 1. The fraction of sp³-hybridized carbons (Fsp3) is 0.444. The molecule has 1 saturated carbocycles. The molecule has 0 spiro atoms. The number of ether oxygens (including phenoxy) is 2. The number of aryl methyl sites for hydroxylation is 1. The van der Waals surface area contributed by atoms with Crippen molar-refractivity contribution in [3.8, 4) is 5.88 Å². The molecule has 2 aromatic rings. The van der Waals surface area contributed by atoms with E-state index in [4.69, 9.17) is 4.74 Å². The number of pyridine rings is 1. The van der Waals surface area contributed by atoms with Crippen LogP contribution in [0, 0.1) is 6.92 Å². The Kier molecular flexibility index (Phi) is 6.13. The molecule has 0 aliphatic heterocycles. The summed E-state index contributed by atoms with van der Waals surface area (Å²) in [5.41, 5.74) is 1.07. The summed E-state index contributed by atoms with van der Waals surface area (Å²) in [5.74, 6) is -0.0568. The van der Waals surface area contributed by atoms with E-state index >= 15 is 0 Å². The summed E-state index contributed by atoms with van der Waals surface area (Å²) in [6.45, 7) is 1.97. The highest BCUT2D eigenvalue weighted by Gasteiger charge is 2.30. The van der Waals surface area contributed by atoms with Crippen molar-refractivity contribution < 1.29 is 22.7 Å². The van der Waals surface area contributed by atoms with Crippen molar-refractivity contribution in [2.24, 2.45) is 0 Å². The number of hydrogen-bond acceptors (Lipinski definition) is 7. The third-order valence-electron chi connectivity index (χ3n) is 4.46. The first kappa shape index (κ1) is 19.8. The molecule has 7 nitrogen and oxygen atoms in total. The zero-order valence-corrected chi connectivity index (χ0v) is 16.8. The van der Waals surface area contributed by atoms with Gasteiger partial charge in [-0.1, -0.05) is 6.07 Å². The molecule has 0 atom stereocenters. The van der Waals surface area contributed by atoms with Gasteiger partial charge in [-0.3, -0.25) is 0 Å². The van der Waals surface area contributed by atoms with Crippen LogP contribution < -0.4 is 9.46 Å². The maximum Gasteiger partial charge on any atom is 0.349 e. The highest BCUT2D eigenvalue weighted by molar-refractivity contribution is 7.89. The molecule has 0 bridgehead atoms. The first-order valence-electron chi connectivity index (χ1n) is 8.66. The second-order valence-electron chi connectivity index (χ2n) is 6.49. The summed E-state index contributed by atoms with van der Waals surface area (Å²) in [6, 6.07) is 5.03. The molecule has 1 aliphatic carbocycles. The molecule has 1 aliphatic rings. The van der Waals surface area contributed by atoms with Crippen LogP contribution in [0.4, 0.5) is 0 Å². The summed E-state index contributed by atoms with van der Waals surface area (Å²) >= 11 is 1.05. The number of hydrogen-bond donors (Lipinski definition) is 1.